The molecule has 0 saturated carbocycles. The highest BCUT2D eigenvalue weighted by molar-refractivity contribution is 7.99. The Morgan fingerprint density at radius 1 is 1.71 bits per heavy atom. The second kappa shape index (κ2) is 6.27. The van der Waals surface area contributed by atoms with Crippen molar-refractivity contribution in [1.82, 2.24) is 0 Å². The Bertz CT molecular complexity index is 183. The number of esters is 1. The Labute approximate surface area is 88.5 Å². The molecular formula is C9H17NO3S. The molecule has 4 nitrogen and oxygen atoms in total. The van der Waals surface area contributed by atoms with Crippen LogP contribution < -0.4 is 5.73 Å². The van der Waals surface area contributed by atoms with Gasteiger partial charge in [-0.1, -0.05) is 0 Å². The number of thioether (sulfide) groups is 1. The zero-order chi connectivity index (χ0) is 10.4. The normalized spacial score (nSPS) is 24.3. The molecule has 1 aliphatic rings. The third-order valence-corrected chi connectivity index (χ3v) is 3.40. The van der Waals surface area contributed by atoms with Crippen molar-refractivity contribution in [2.24, 2.45) is 5.73 Å². The summed E-state index contributed by atoms with van der Waals surface area (Å²) in [7, 11) is 1.35. The summed E-state index contributed by atoms with van der Waals surface area (Å²) in [6, 6.07) is -0.532. The molecule has 5 heteroatoms. The molecule has 1 heterocycles. The van der Waals surface area contributed by atoms with Gasteiger partial charge in [0.25, 0.3) is 0 Å². The Morgan fingerprint density at radius 3 is 3.07 bits per heavy atom. The van der Waals surface area contributed by atoms with Crippen molar-refractivity contribution in [1.29, 1.82) is 0 Å². The van der Waals surface area contributed by atoms with Gasteiger partial charge in [-0.05, 0) is 19.3 Å². The standard InChI is InChI=1S/C9H17NO3S/c1-12-9(11)7(10)6-14-8-4-2-3-5-13-8/h7-8H,2-6,10H2,1H3/t7-,8?/m0/s1. The van der Waals surface area contributed by atoms with E-state index in [0.29, 0.717) is 5.75 Å². The minimum absolute atomic E-state index is 0.208. The summed E-state index contributed by atoms with van der Waals surface area (Å²) in [6.07, 6.45) is 3.39. The highest BCUT2D eigenvalue weighted by Gasteiger charge is 2.19. The molecule has 1 aliphatic heterocycles. The van der Waals surface area contributed by atoms with Gasteiger partial charge in [-0.3, -0.25) is 4.79 Å². The lowest BCUT2D eigenvalue weighted by molar-refractivity contribution is -0.141. The molecule has 0 amide bonds. The second-order valence-electron chi connectivity index (χ2n) is 3.26. The molecular weight excluding hydrogens is 202 g/mol. The van der Waals surface area contributed by atoms with Gasteiger partial charge in [0.05, 0.1) is 7.11 Å². The summed E-state index contributed by atoms with van der Waals surface area (Å²) in [5.74, 6) is 0.213. The maximum absolute atomic E-state index is 11.0. The van der Waals surface area contributed by atoms with Crippen LogP contribution in [0.25, 0.3) is 0 Å². The molecule has 0 aromatic rings. The Hall–Kier alpha value is -0.260. The molecule has 1 unspecified atom stereocenters. The number of methoxy groups -OCH3 is 1. The van der Waals surface area contributed by atoms with Crippen LogP contribution in [0.15, 0.2) is 0 Å². The number of hydrogen-bond acceptors (Lipinski definition) is 5. The van der Waals surface area contributed by atoms with Crippen molar-refractivity contribution in [3.63, 3.8) is 0 Å². The van der Waals surface area contributed by atoms with Crippen molar-refractivity contribution in [2.75, 3.05) is 19.5 Å². The third-order valence-electron chi connectivity index (χ3n) is 2.10. The molecule has 0 radical (unpaired) electrons. The number of ether oxygens (including phenoxy) is 2. The van der Waals surface area contributed by atoms with Crippen LogP contribution in [0.4, 0.5) is 0 Å². The number of nitrogens with two attached hydrogens (primary N) is 1. The number of carbonyl (C=O) groups is 1. The maximum atomic E-state index is 11.0. The molecule has 1 fully saturated rings. The molecule has 0 spiro atoms. The van der Waals surface area contributed by atoms with E-state index in [2.05, 4.69) is 4.74 Å². The largest absolute Gasteiger partial charge is 0.468 e. The monoisotopic (exact) mass is 219 g/mol. The fraction of sp³-hybridized carbons (Fsp3) is 0.889. The molecule has 0 bridgehead atoms. The third kappa shape index (κ3) is 3.86. The summed E-state index contributed by atoms with van der Waals surface area (Å²) in [6.45, 7) is 0.825. The fourth-order valence-electron chi connectivity index (χ4n) is 1.27. The van der Waals surface area contributed by atoms with Gasteiger partial charge in [-0.2, -0.15) is 0 Å². The van der Waals surface area contributed by atoms with Crippen LogP contribution >= 0.6 is 11.8 Å². The lowest BCUT2D eigenvalue weighted by atomic mass is 10.2. The number of rotatable bonds is 4. The Balaban J connectivity index is 2.15. The van der Waals surface area contributed by atoms with Gasteiger partial charge < -0.3 is 15.2 Å². The van der Waals surface area contributed by atoms with Gasteiger partial charge in [-0.25, -0.2) is 0 Å². The molecule has 0 aromatic heterocycles. The Kier molecular flexibility index (Phi) is 5.29. The summed E-state index contributed by atoms with van der Waals surface area (Å²) in [4.78, 5) is 11.0. The zero-order valence-corrected chi connectivity index (χ0v) is 9.22. The molecule has 1 rings (SSSR count). The molecule has 82 valence electrons. The minimum Gasteiger partial charge on any atom is -0.468 e. The summed E-state index contributed by atoms with van der Waals surface area (Å²) in [5.41, 5.74) is 5.80. The van der Waals surface area contributed by atoms with E-state index in [-0.39, 0.29) is 11.4 Å². The smallest absolute Gasteiger partial charge is 0.323 e. The van der Waals surface area contributed by atoms with Crippen molar-refractivity contribution < 1.29 is 14.3 Å². The average molecular weight is 219 g/mol. The quantitative estimate of drug-likeness (QED) is 0.707. The predicted molar refractivity (Wildman–Crippen MR) is 56.0 cm³/mol. The van der Waals surface area contributed by atoms with E-state index in [0.717, 1.165) is 19.4 Å². The van der Waals surface area contributed by atoms with E-state index in [1.54, 1.807) is 11.8 Å². The van der Waals surface area contributed by atoms with E-state index in [1.807, 2.05) is 0 Å². The molecule has 1 saturated heterocycles. The summed E-state index contributed by atoms with van der Waals surface area (Å²) in [5, 5.41) is 0. The van der Waals surface area contributed by atoms with Crippen LogP contribution in [0.3, 0.4) is 0 Å². The summed E-state index contributed by atoms with van der Waals surface area (Å²) >= 11 is 1.60. The van der Waals surface area contributed by atoms with Crippen molar-refractivity contribution in [2.45, 2.75) is 30.7 Å². The molecule has 0 aromatic carbocycles. The first-order chi connectivity index (χ1) is 6.74. The predicted octanol–water partition coefficient (Wildman–Crippen LogP) is 0.746. The van der Waals surface area contributed by atoms with Crippen LogP contribution in [0.2, 0.25) is 0 Å². The van der Waals surface area contributed by atoms with E-state index in [4.69, 9.17) is 10.5 Å². The lowest BCUT2D eigenvalue weighted by Crippen LogP contribution is -2.35. The fourth-order valence-corrected chi connectivity index (χ4v) is 2.36. The van der Waals surface area contributed by atoms with Crippen molar-refractivity contribution >= 4 is 17.7 Å². The van der Waals surface area contributed by atoms with Gasteiger partial charge in [0.1, 0.15) is 11.5 Å². The highest BCUT2D eigenvalue weighted by Crippen LogP contribution is 2.23. The first-order valence-corrected chi connectivity index (χ1v) is 5.85. The minimum atomic E-state index is -0.532. The Morgan fingerprint density at radius 2 is 2.50 bits per heavy atom. The molecule has 14 heavy (non-hydrogen) atoms. The van der Waals surface area contributed by atoms with Crippen LogP contribution in [-0.2, 0) is 14.3 Å². The first-order valence-electron chi connectivity index (χ1n) is 4.80. The maximum Gasteiger partial charge on any atom is 0.323 e. The van der Waals surface area contributed by atoms with E-state index in [9.17, 15) is 4.79 Å². The van der Waals surface area contributed by atoms with E-state index >= 15 is 0 Å². The lowest BCUT2D eigenvalue weighted by Gasteiger charge is -2.22. The molecule has 2 atom stereocenters. The van der Waals surface area contributed by atoms with Gasteiger partial charge >= 0.3 is 5.97 Å². The topological polar surface area (TPSA) is 61.5 Å². The number of hydrogen-bond donors (Lipinski definition) is 1. The number of carbonyl (C=O) groups excluding carboxylic acids is 1. The zero-order valence-electron chi connectivity index (χ0n) is 8.40. The van der Waals surface area contributed by atoms with Crippen molar-refractivity contribution in [3.8, 4) is 0 Å². The first kappa shape index (κ1) is 11.8. The van der Waals surface area contributed by atoms with Gasteiger partial charge in [0, 0.05) is 12.4 Å². The van der Waals surface area contributed by atoms with E-state index < -0.39 is 6.04 Å². The molecule has 0 aliphatic carbocycles. The van der Waals surface area contributed by atoms with Crippen LogP contribution in [0.5, 0.6) is 0 Å². The summed E-state index contributed by atoms with van der Waals surface area (Å²) < 4.78 is 10.0. The van der Waals surface area contributed by atoms with Crippen molar-refractivity contribution in [3.05, 3.63) is 0 Å². The SMILES string of the molecule is COC(=O)[C@@H](N)CSC1CCCCO1. The van der Waals surface area contributed by atoms with Gasteiger partial charge in [-0.15, -0.1) is 11.8 Å². The van der Waals surface area contributed by atoms with Crippen LogP contribution in [-0.4, -0.2) is 36.9 Å². The molecule has 2 N–H and O–H groups in total. The van der Waals surface area contributed by atoms with Gasteiger partial charge in [0.2, 0.25) is 0 Å². The highest BCUT2D eigenvalue weighted by atomic mass is 32.2. The van der Waals surface area contributed by atoms with Crippen LogP contribution in [0, 0.1) is 0 Å². The second-order valence-corrected chi connectivity index (χ2v) is 4.45. The average Bonchev–Trinajstić information content (AvgIpc) is 2.26. The van der Waals surface area contributed by atoms with Crippen LogP contribution in [0.1, 0.15) is 19.3 Å². The van der Waals surface area contributed by atoms with E-state index in [1.165, 1.54) is 13.5 Å². The van der Waals surface area contributed by atoms with Gasteiger partial charge in [0.15, 0.2) is 0 Å².